The predicted molar refractivity (Wildman–Crippen MR) is 134 cm³/mol. The van der Waals surface area contributed by atoms with Gasteiger partial charge in [-0.2, -0.15) is 0 Å². The van der Waals surface area contributed by atoms with Gasteiger partial charge in [-0.3, -0.25) is 9.89 Å². The molecule has 1 atom stereocenters. The summed E-state index contributed by atoms with van der Waals surface area (Å²) >= 11 is 0. The van der Waals surface area contributed by atoms with E-state index in [4.69, 9.17) is 0 Å². The number of hydrogen-bond donors (Lipinski definition) is 2. The zero-order chi connectivity index (χ0) is 19.8. The molecule has 5 nitrogen and oxygen atoms in total. The van der Waals surface area contributed by atoms with Gasteiger partial charge in [-0.25, -0.2) is 0 Å². The van der Waals surface area contributed by atoms with E-state index in [-0.39, 0.29) is 24.0 Å². The number of aliphatic imine (C=N–C) groups is 1. The monoisotopic (exact) mass is 513 g/mol. The molecule has 1 unspecified atom stereocenters. The Morgan fingerprint density at radius 1 is 1.10 bits per heavy atom. The zero-order valence-electron chi connectivity index (χ0n) is 18.4. The molecule has 2 N–H and O–H groups in total. The molecule has 29 heavy (non-hydrogen) atoms. The van der Waals surface area contributed by atoms with Crippen molar-refractivity contribution in [1.29, 1.82) is 0 Å². The molecule has 0 spiro atoms. The standard InChI is InChI=1S/C23H39N5.HI/c1-19(2)17-27-14-11-21(12-15-27)26-23(24-3)25-16-22-10-7-13-28(22)18-20-8-5-4-6-9-20;/h4-6,8-9,19,21-22H,7,10-18H2,1-3H3,(H2,24,25,26);1H. The predicted octanol–water partition coefficient (Wildman–Crippen LogP) is 3.55. The molecular weight excluding hydrogens is 473 g/mol. The quantitative estimate of drug-likeness (QED) is 0.333. The molecule has 1 aromatic carbocycles. The summed E-state index contributed by atoms with van der Waals surface area (Å²) in [4.78, 5) is 9.69. The number of rotatable bonds is 7. The number of halogens is 1. The van der Waals surface area contributed by atoms with Gasteiger partial charge >= 0.3 is 0 Å². The van der Waals surface area contributed by atoms with E-state index in [9.17, 15) is 0 Å². The Morgan fingerprint density at radius 2 is 1.83 bits per heavy atom. The fourth-order valence-corrected chi connectivity index (χ4v) is 4.53. The smallest absolute Gasteiger partial charge is 0.191 e. The van der Waals surface area contributed by atoms with Crippen molar-refractivity contribution in [3.05, 3.63) is 35.9 Å². The molecule has 3 rings (SSSR count). The van der Waals surface area contributed by atoms with E-state index >= 15 is 0 Å². The molecule has 2 aliphatic rings. The molecule has 164 valence electrons. The van der Waals surface area contributed by atoms with Crippen LogP contribution >= 0.6 is 24.0 Å². The Balaban J connectivity index is 0.00000300. The normalized spacial score (nSPS) is 21.9. The van der Waals surface area contributed by atoms with Gasteiger partial charge < -0.3 is 15.5 Å². The minimum Gasteiger partial charge on any atom is -0.355 e. The second-order valence-electron chi connectivity index (χ2n) is 8.82. The van der Waals surface area contributed by atoms with Crippen molar-refractivity contribution in [1.82, 2.24) is 20.4 Å². The van der Waals surface area contributed by atoms with E-state index in [1.165, 1.54) is 57.4 Å². The molecule has 0 amide bonds. The average Bonchev–Trinajstić information content (AvgIpc) is 3.14. The maximum atomic E-state index is 4.48. The molecule has 0 bridgehead atoms. The maximum Gasteiger partial charge on any atom is 0.191 e. The lowest BCUT2D eigenvalue weighted by molar-refractivity contribution is 0.186. The van der Waals surface area contributed by atoms with Crippen molar-refractivity contribution >= 4 is 29.9 Å². The van der Waals surface area contributed by atoms with E-state index in [0.29, 0.717) is 12.1 Å². The molecule has 2 saturated heterocycles. The average molecular weight is 514 g/mol. The van der Waals surface area contributed by atoms with Crippen LogP contribution in [0.25, 0.3) is 0 Å². The molecule has 0 radical (unpaired) electrons. The minimum atomic E-state index is 0. The Labute approximate surface area is 194 Å². The second-order valence-corrected chi connectivity index (χ2v) is 8.82. The van der Waals surface area contributed by atoms with Crippen LogP contribution in [0.5, 0.6) is 0 Å². The summed E-state index contributed by atoms with van der Waals surface area (Å²) in [6.07, 6.45) is 4.97. The van der Waals surface area contributed by atoms with Gasteiger partial charge in [0.25, 0.3) is 0 Å². The van der Waals surface area contributed by atoms with Crippen molar-refractivity contribution in [2.24, 2.45) is 10.9 Å². The van der Waals surface area contributed by atoms with E-state index in [1.54, 1.807) is 0 Å². The van der Waals surface area contributed by atoms with Gasteiger partial charge in [0.1, 0.15) is 0 Å². The first-order valence-electron chi connectivity index (χ1n) is 11.1. The van der Waals surface area contributed by atoms with Gasteiger partial charge in [-0.05, 0) is 43.7 Å². The van der Waals surface area contributed by atoms with Gasteiger partial charge in [0, 0.05) is 51.9 Å². The second kappa shape index (κ2) is 12.7. The van der Waals surface area contributed by atoms with E-state index in [1.807, 2.05) is 7.05 Å². The molecule has 1 aromatic rings. The minimum absolute atomic E-state index is 0. The van der Waals surface area contributed by atoms with E-state index < -0.39 is 0 Å². The third-order valence-corrected chi connectivity index (χ3v) is 6.01. The van der Waals surface area contributed by atoms with Crippen molar-refractivity contribution < 1.29 is 0 Å². The van der Waals surface area contributed by atoms with Crippen molar-refractivity contribution in [3.8, 4) is 0 Å². The van der Waals surface area contributed by atoms with E-state index in [2.05, 4.69) is 69.6 Å². The zero-order valence-corrected chi connectivity index (χ0v) is 20.8. The summed E-state index contributed by atoms with van der Waals surface area (Å²) in [6.45, 7) is 11.4. The van der Waals surface area contributed by atoms with Crippen LogP contribution in [0.4, 0.5) is 0 Å². The highest BCUT2D eigenvalue weighted by molar-refractivity contribution is 14.0. The Hall–Kier alpha value is -0.860. The Morgan fingerprint density at radius 3 is 2.48 bits per heavy atom. The fraction of sp³-hybridized carbons (Fsp3) is 0.696. The van der Waals surface area contributed by atoms with Gasteiger partial charge in [0.15, 0.2) is 5.96 Å². The number of benzene rings is 1. The summed E-state index contributed by atoms with van der Waals surface area (Å²) < 4.78 is 0. The van der Waals surface area contributed by atoms with Crippen LogP contribution in [0.3, 0.4) is 0 Å². The SMILES string of the molecule is CN=C(NCC1CCCN1Cc1ccccc1)NC1CCN(CC(C)C)CC1.I. The van der Waals surface area contributed by atoms with Gasteiger partial charge in [-0.1, -0.05) is 44.2 Å². The first kappa shape index (κ1) is 24.4. The number of piperidine rings is 1. The molecule has 0 aromatic heterocycles. The van der Waals surface area contributed by atoms with Crippen LogP contribution in [0.2, 0.25) is 0 Å². The number of nitrogens with zero attached hydrogens (tertiary/aromatic N) is 3. The summed E-state index contributed by atoms with van der Waals surface area (Å²) in [6, 6.07) is 12.0. The van der Waals surface area contributed by atoms with Crippen LogP contribution in [-0.2, 0) is 6.54 Å². The Kier molecular flexibility index (Phi) is 10.7. The van der Waals surface area contributed by atoms with Crippen molar-refractivity contribution in [2.45, 2.75) is 58.2 Å². The number of likely N-dealkylation sites (tertiary alicyclic amines) is 2. The highest BCUT2D eigenvalue weighted by Gasteiger charge is 2.25. The highest BCUT2D eigenvalue weighted by atomic mass is 127. The topological polar surface area (TPSA) is 42.9 Å². The number of nitrogens with one attached hydrogen (secondary N) is 2. The lowest BCUT2D eigenvalue weighted by Gasteiger charge is -2.34. The molecule has 2 aliphatic heterocycles. The maximum absolute atomic E-state index is 4.48. The van der Waals surface area contributed by atoms with Crippen LogP contribution in [-0.4, -0.2) is 67.6 Å². The lowest BCUT2D eigenvalue weighted by atomic mass is 10.0. The first-order chi connectivity index (χ1) is 13.6. The summed E-state index contributed by atoms with van der Waals surface area (Å²) in [7, 11) is 1.89. The van der Waals surface area contributed by atoms with Crippen molar-refractivity contribution in [3.63, 3.8) is 0 Å². The van der Waals surface area contributed by atoms with Gasteiger partial charge in [0.05, 0.1) is 0 Å². The molecular formula is C23H40IN5. The molecule has 0 aliphatic carbocycles. The van der Waals surface area contributed by atoms with Crippen LogP contribution in [0, 0.1) is 5.92 Å². The number of guanidine groups is 1. The molecule has 2 heterocycles. The van der Waals surface area contributed by atoms with Gasteiger partial charge in [0.2, 0.25) is 0 Å². The van der Waals surface area contributed by atoms with Crippen LogP contribution < -0.4 is 10.6 Å². The fourth-order valence-electron chi connectivity index (χ4n) is 4.53. The summed E-state index contributed by atoms with van der Waals surface area (Å²) in [5.41, 5.74) is 1.41. The van der Waals surface area contributed by atoms with Crippen LogP contribution in [0.15, 0.2) is 35.3 Å². The molecule has 6 heteroatoms. The Bertz CT molecular complexity index is 599. The summed E-state index contributed by atoms with van der Waals surface area (Å²) in [5.74, 6) is 1.72. The highest BCUT2D eigenvalue weighted by Crippen LogP contribution is 2.19. The lowest BCUT2D eigenvalue weighted by Crippen LogP contribution is -2.51. The third-order valence-electron chi connectivity index (χ3n) is 6.01. The van der Waals surface area contributed by atoms with E-state index in [0.717, 1.165) is 25.0 Å². The largest absolute Gasteiger partial charge is 0.355 e. The summed E-state index contributed by atoms with van der Waals surface area (Å²) in [5, 5.41) is 7.26. The number of hydrogen-bond acceptors (Lipinski definition) is 3. The molecule has 0 saturated carbocycles. The first-order valence-corrected chi connectivity index (χ1v) is 11.1. The van der Waals surface area contributed by atoms with Crippen LogP contribution in [0.1, 0.15) is 45.1 Å². The van der Waals surface area contributed by atoms with Gasteiger partial charge in [-0.15, -0.1) is 24.0 Å². The molecule has 2 fully saturated rings. The third kappa shape index (κ3) is 8.06. The van der Waals surface area contributed by atoms with Crippen molar-refractivity contribution in [2.75, 3.05) is 39.8 Å².